The van der Waals surface area contributed by atoms with Gasteiger partial charge >= 0.3 is 5.97 Å². The van der Waals surface area contributed by atoms with Gasteiger partial charge in [0, 0.05) is 19.5 Å². The molecular formula is C31H57N11O8. The van der Waals surface area contributed by atoms with Crippen molar-refractivity contribution in [1.29, 1.82) is 0 Å². The van der Waals surface area contributed by atoms with Crippen LogP contribution in [0.5, 0.6) is 0 Å². The summed E-state index contributed by atoms with van der Waals surface area (Å²) in [7, 11) is 0. The molecule has 1 heterocycles. The fraction of sp³-hybridized carbons (Fsp3) is 0.742. The number of hydrogen-bond acceptors (Lipinski definition) is 10. The molecule has 0 aromatic carbocycles. The first kappa shape index (κ1) is 43.5. The molecular weight excluding hydrogens is 654 g/mol. The van der Waals surface area contributed by atoms with Crippen LogP contribution in [0.15, 0.2) is 4.99 Å². The lowest BCUT2D eigenvalue weighted by Gasteiger charge is -2.29. The molecule has 0 aromatic rings. The summed E-state index contributed by atoms with van der Waals surface area (Å²) in [4.78, 5) is 95.2. The molecule has 6 unspecified atom stereocenters. The van der Waals surface area contributed by atoms with E-state index in [0.717, 1.165) is 0 Å². The highest BCUT2D eigenvalue weighted by atomic mass is 16.4. The molecule has 0 spiro atoms. The maximum Gasteiger partial charge on any atom is 0.326 e. The first-order valence-electron chi connectivity index (χ1n) is 17.0. The molecule has 0 radical (unpaired) electrons. The van der Waals surface area contributed by atoms with Crippen LogP contribution in [0.3, 0.4) is 0 Å². The molecule has 15 N–H and O–H groups in total. The van der Waals surface area contributed by atoms with Crippen LogP contribution in [0.2, 0.25) is 0 Å². The Labute approximate surface area is 292 Å². The van der Waals surface area contributed by atoms with Crippen LogP contribution in [0.25, 0.3) is 0 Å². The molecule has 1 rings (SSSR count). The Morgan fingerprint density at radius 2 is 1.34 bits per heavy atom. The summed E-state index contributed by atoms with van der Waals surface area (Å²) in [5.74, 6) is -5.57. The van der Waals surface area contributed by atoms with Crippen molar-refractivity contribution in [2.75, 3.05) is 19.6 Å². The number of aliphatic carboxylic acids is 1. The number of nitrogens with zero attached hydrogens (tertiary/aromatic N) is 2. The highest BCUT2D eigenvalue weighted by molar-refractivity contribution is 5.96. The zero-order valence-electron chi connectivity index (χ0n) is 29.3. The third-order valence-corrected chi connectivity index (χ3v) is 8.02. The van der Waals surface area contributed by atoms with E-state index in [9.17, 15) is 38.7 Å². The quantitative estimate of drug-likeness (QED) is 0.0285. The number of unbranched alkanes of at least 4 members (excludes halogenated alkanes) is 1. The summed E-state index contributed by atoms with van der Waals surface area (Å²) in [6.45, 7) is 5.86. The fourth-order valence-electron chi connectivity index (χ4n) is 5.43. The zero-order valence-corrected chi connectivity index (χ0v) is 29.3. The Morgan fingerprint density at radius 1 is 0.800 bits per heavy atom. The van der Waals surface area contributed by atoms with E-state index in [1.165, 1.54) is 11.8 Å². The third kappa shape index (κ3) is 15.8. The van der Waals surface area contributed by atoms with Crippen molar-refractivity contribution >= 4 is 47.4 Å². The predicted molar refractivity (Wildman–Crippen MR) is 184 cm³/mol. The number of carboxylic acid groups (broad SMARTS) is 1. The molecule has 1 aliphatic heterocycles. The molecule has 284 valence electrons. The number of amides is 6. The summed E-state index contributed by atoms with van der Waals surface area (Å²) in [6.07, 6.45) is 1.86. The van der Waals surface area contributed by atoms with E-state index < -0.39 is 77.7 Å². The first-order valence-corrected chi connectivity index (χ1v) is 17.0. The number of primary amides is 1. The van der Waals surface area contributed by atoms with Gasteiger partial charge in [0.15, 0.2) is 5.96 Å². The minimum Gasteiger partial charge on any atom is -0.480 e. The number of hydrogen-bond donors (Lipinski definition) is 10. The van der Waals surface area contributed by atoms with Crippen LogP contribution < -0.4 is 49.9 Å². The van der Waals surface area contributed by atoms with Crippen LogP contribution in [-0.4, -0.2) is 113 Å². The second-order valence-corrected chi connectivity index (χ2v) is 12.9. The van der Waals surface area contributed by atoms with Crippen molar-refractivity contribution in [2.45, 2.75) is 121 Å². The Morgan fingerprint density at radius 3 is 1.84 bits per heavy atom. The molecule has 0 bridgehead atoms. The van der Waals surface area contributed by atoms with Gasteiger partial charge in [0.1, 0.15) is 30.2 Å². The second-order valence-electron chi connectivity index (χ2n) is 12.9. The lowest BCUT2D eigenvalue weighted by Crippen LogP contribution is -2.59. The number of nitrogens with one attached hydrogen (secondary N) is 4. The average Bonchev–Trinajstić information content (AvgIpc) is 3.52. The van der Waals surface area contributed by atoms with E-state index in [2.05, 4.69) is 26.3 Å². The first-order chi connectivity index (χ1) is 23.5. The minimum absolute atomic E-state index is 0.0650. The van der Waals surface area contributed by atoms with Crippen molar-refractivity contribution in [2.24, 2.45) is 39.6 Å². The summed E-state index contributed by atoms with van der Waals surface area (Å²) in [5.41, 5.74) is 27.5. The van der Waals surface area contributed by atoms with Crippen molar-refractivity contribution in [3.8, 4) is 0 Å². The lowest BCUT2D eigenvalue weighted by atomic mass is 10.0. The molecule has 19 nitrogen and oxygen atoms in total. The smallest absolute Gasteiger partial charge is 0.326 e. The van der Waals surface area contributed by atoms with Crippen LogP contribution in [-0.2, 0) is 33.6 Å². The number of rotatable bonds is 23. The highest BCUT2D eigenvalue weighted by Crippen LogP contribution is 2.19. The van der Waals surface area contributed by atoms with Crippen LogP contribution >= 0.6 is 0 Å². The Hall–Kier alpha value is -4.52. The van der Waals surface area contributed by atoms with E-state index in [4.69, 9.17) is 28.7 Å². The monoisotopic (exact) mass is 711 g/mol. The highest BCUT2D eigenvalue weighted by Gasteiger charge is 2.37. The Balaban J connectivity index is 3.28. The molecule has 0 aromatic heterocycles. The van der Waals surface area contributed by atoms with Gasteiger partial charge in [-0.15, -0.1) is 0 Å². The molecule has 0 saturated carbocycles. The van der Waals surface area contributed by atoms with Gasteiger partial charge in [-0.25, -0.2) is 4.79 Å². The zero-order chi connectivity index (χ0) is 38.0. The number of likely N-dealkylation sites (tertiary alicyclic amines) is 1. The number of carbonyl (C=O) groups is 7. The van der Waals surface area contributed by atoms with Gasteiger partial charge in [-0.3, -0.25) is 33.8 Å². The van der Waals surface area contributed by atoms with Crippen molar-refractivity contribution < 1.29 is 38.7 Å². The van der Waals surface area contributed by atoms with E-state index in [0.29, 0.717) is 38.8 Å². The predicted octanol–water partition coefficient (Wildman–Crippen LogP) is -3.16. The third-order valence-electron chi connectivity index (χ3n) is 8.02. The molecule has 0 aliphatic carbocycles. The number of guanidine groups is 1. The number of carbonyl (C=O) groups excluding carboxylic acids is 6. The maximum absolute atomic E-state index is 13.7. The van der Waals surface area contributed by atoms with Gasteiger partial charge in [-0.1, -0.05) is 13.8 Å². The molecule has 6 amide bonds. The summed E-state index contributed by atoms with van der Waals surface area (Å²) >= 11 is 0. The maximum atomic E-state index is 13.7. The average molecular weight is 712 g/mol. The normalized spacial score (nSPS) is 17.1. The minimum atomic E-state index is -1.36. The van der Waals surface area contributed by atoms with Gasteiger partial charge < -0.3 is 59.9 Å². The largest absolute Gasteiger partial charge is 0.480 e. The van der Waals surface area contributed by atoms with Crippen molar-refractivity contribution in [1.82, 2.24) is 26.2 Å². The summed E-state index contributed by atoms with van der Waals surface area (Å²) < 4.78 is 0. The van der Waals surface area contributed by atoms with Gasteiger partial charge in [0.05, 0.1) is 6.04 Å². The van der Waals surface area contributed by atoms with Gasteiger partial charge in [-0.2, -0.15) is 0 Å². The van der Waals surface area contributed by atoms with Crippen molar-refractivity contribution in [3.05, 3.63) is 0 Å². The standard InChI is InChI=1S/C31H57N11O8/c1-17(2)16-22(30(49)50)41-27(46)21(11-12-24(34)43)39-25(44)19(8-4-5-13-32)38-26(45)20(9-6-14-37-31(35)36)40-28(47)23-10-7-15-42(23)29(48)18(3)33/h17-23H,4-16,32-33H2,1-3H3,(H2,34,43)(H,38,45)(H,39,44)(H,40,47)(H,41,46)(H,49,50)(H4,35,36,37). The lowest BCUT2D eigenvalue weighted by molar-refractivity contribution is -0.143. The number of nitrogens with two attached hydrogens (primary N) is 5. The van der Waals surface area contributed by atoms with Gasteiger partial charge in [-0.05, 0) is 77.2 Å². The number of carboxylic acids is 1. The summed E-state index contributed by atoms with van der Waals surface area (Å²) in [5, 5.41) is 19.9. The molecule has 1 saturated heterocycles. The van der Waals surface area contributed by atoms with E-state index >= 15 is 0 Å². The fourth-order valence-corrected chi connectivity index (χ4v) is 5.43. The van der Waals surface area contributed by atoms with E-state index in [1.807, 2.05) is 0 Å². The van der Waals surface area contributed by atoms with Gasteiger partial charge in [0.25, 0.3) is 0 Å². The topological polar surface area (TPSA) is 334 Å². The van der Waals surface area contributed by atoms with Crippen molar-refractivity contribution in [3.63, 3.8) is 0 Å². The Bertz CT molecular complexity index is 1210. The number of aliphatic imine (C=N–C) groups is 1. The van der Waals surface area contributed by atoms with Crippen LogP contribution in [0, 0.1) is 5.92 Å². The summed E-state index contributed by atoms with van der Waals surface area (Å²) in [6, 6.07) is -6.67. The molecule has 50 heavy (non-hydrogen) atoms. The van der Waals surface area contributed by atoms with E-state index in [1.54, 1.807) is 13.8 Å². The van der Waals surface area contributed by atoms with Gasteiger partial charge in [0.2, 0.25) is 35.4 Å². The SMILES string of the molecule is CC(C)CC(NC(=O)C(CCC(N)=O)NC(=O)C(CCCCN)NC(=O)C(CCCN=C(N)N)NC(=O)C1CCCN1C(=O)C(C)N)C(=O)O. The molecule has 19 heteroatoms. The molecule has 6 atom stereocenters. The molecule has 1 aliphatic rings. The van der Waals surface area contributed by atoms with Crippen LogP contribution in [0.4, 0.5) is 0 Å². The van der Waals surface area contributed by atoms with Crippen LogP contribution in [0.1, 0.15) is 85.0 Å². The Kier molecular flexibility index (Phi) is 19.4. The van der Waals surface area contributed by atoms with E-state index in [-0.39, 0.29) is 56.9 Å². The molecule has 1 fully saturated rings. The second kappa shape index (κ2) is 22.2.